The molecule has 1 saturated heterocycles. The summed E-state index contributed by atoms with van der Waals surface area (Å²) in [6, 6.07) is 12.5. The van der Waals surface area contributed by atoms with Crippen molar-refractivity contribution in [1.82, 2.24) is 4.31 Å². The van der Waals surface area contributed by atoms with Crippen molar-refractivity contribution >= 4 is 10.0 Å². The van der Waals surface area contributed by atoms with E-state index < -0.39 is 10.0 Å². The zero-order valence-corrected chi connectivity index (χ0v) is 13.5. The largest absolute Gasteiger partial charge is 0.326 e. The molecule has 0 aromatic heterocycles. The van der Waals surface area contributed by atoms with Crippen LogP contribution in [0.3, 0.4) is 0 Å². The van der Waals surface area contributed by atoms with E-state index in [1.165, 1.54) is 16.4 Å². The zero-order valence-electron chi connectivity index (χ0n) is 12.7. The summed E-state index contributed by atoms with van der Waals surface area (Å²) in [5.74, 6) is -0.321. The van der Waals surface area contributed by atoms with Crippen LogP contribution in [0.15, 0.2) is 53.4 Å². The third kappa shape index (κ3) is 3.15. The Kier molecular flexibility index (Phi) is 4.48. The summed E-state index contributed by atoms with van der Waals surface area (Å²) in [6.07, 6.45) is 1.54. The second-order valence-electron chi connectivity index (χ2n) is 5.67. The topological polar surface area (TPSA) is 63.4 Å². The Hall–Kier alpha value is -1.76. The Morgan fingerprint density at radius 3 is 2.35 bits per heavy atom. The molecular formula is C17H19FN2O2S. The summed E-state index contributed by atoms with van der Waals surface area (Å²) in [5.41, 5.74) is 7.27. The lowest BCUT2D eigenvalue weighted by Crippen LogP contribution is -2.30. The maximum Gasteiger partial charge on any atom is 0.243 e. The zero-order chi connectivity index (χ0) is 16.4. The lowest BCUT2D eigenvalue weighted by atomic mass is 10.1. The van der Waals surface area contributed by atoms with E-state index >= 15 is 0 Å². The summed E-state index contributed by atoms with van der Waals surface area (Å²) < 4.78 is 40.4. The lowest BCUT2D eigenvalue weighted by Gasteiger charge is -2.24. The van der Waals surface area contributed by atoms with Gasteiger partial charge in [-0.15, -0.1) is 0 Å². The first kappa shape index (κ1) is 16.1. The van der Waals surface area contributed by atoms with Gasteiger partial charge in [-0.1, -0.05) is 24.3 Å². The maximum atomic E-state index is 13.1. The van der Waals surface area contributed by atoms with Gasteiger partial charge in [-0.2, -0.15) is 4.31 Å². The number of halogens is 1. The second kappa shape index (κ2) is 6.39. The highest BCUT2D eigenvalue weighted by Crippen LogP contribution is 2.36. The van der Waals surface area contributed by atoms with E-state index in [-0.39, 0.29) is 16.8 Å². The molecule has 1 atom stereocenters. The number of sulfonamides is 1. The highest BCUT2D eigenvalue weighted by Gasteiger charge is 2.36. The molecular weight excluding hydrogens is 315 g/mol. The van der Waals surface area contributed by atoms with Crippen molar-refractivity contribution in [1.29, 1.82) is 0 Å². The van der Waals surface area contributed by atoms with Gasteiger partial charge in [0.05, 0.1) is 10.9 Å². The van der Waals surface area contributed by atoms with Crippen LogP contribution < -0.4 is 5.73 Å². The summed E-state index contributed by atoms with van der Waals surface area (Å²) in [5, 5.41) is 0. The molecule has 122 valence electrons. The van der Waals surface area contributed by atoms with Gasteiger partial charge in [-0.05, 0) is 48.2 Å². The van der Waals surface area contributed by atoms with Gasteiger partial charge < -0.3 is 5.73 Å². The van der Waals surface area contributed by atoms with Crippen molar-refractivity contribution in [3.05, 3.63) is 65.5 Å². The van der Waals surface area contributed by atoms with Crippen molar-refractivity contribution in [3.63, 3.8) is 0 Å². The standard InChI is InChI=1S/C17H19FN2O2S/c18-15-7-5-14(6-8-15)17-2-1-11-20(17)23(21,22)16-9-3-13(12-19)4-10-16/h3-10,17H,1-2,11-12,19H2. The van der Waals surface area contributed by atoms with E-state index in [1.54, 1.807) is 36.4 Å². The van der Waals surface area contributed by atoms with Crippen molar-refractivity contribution < 1.29 is 12.8 Å². The van der Waals surface area contributed by atoms with Crippen molar-refractivity contribution in [3.8, 4) is 0 Å². The summed E-state index contributed by atoms with van der Waals surface area (Å²) in [7, 11) is -3.57. The number of nitrogens with zero attached hydrogens (tertiary/aromatic N) is 1. The minimum Gasteiger partial charge on any atom is -0.326 e. The van der Waals surface area contributed by atoms with Crippen molar-refractivity contribution in [2.24, 2.45) is 5.73 Å². The highest BCUT2D eigenvalue weighted by molar-refractivity contribution is 7.89. The molecule has 1 aliphatic heterocycles. The maximum absolute atomic E-state index is 13.1. The van der Waals surface area contributed by atoms with Crippen LogP contribution in [-0.2, 0) is 16.6 Å². The van der Waals surface area contributed by atoms with Crippen molar-refractivity contribution in [2.45, 2.75) is 30.3 Å². The molecule has 0 bridgehead atoms. The predicted molar refractivity (Wildman–Crippen MR) is 86.6 cm³/mol. The Morgan fingerprint density at radius 1 is 1.09 bits per heavy atom. The molecule has 2 N–H and O–H groups in total. The predicted octanol–water partition coefficient (Wildman–Crippen LogP) is 2.81. The number of nitrogens with two attached hydrogens (primary N) is 1. The van der Waals surface area contributed by atoms with Crippen LogP contribution in [0.5, 0.6) is 0 Å². The smallest absolute Gasteiger partial charge is 0.243 e. The molecule has 2 aromatic rings. The van der Waals surface area contributed by atoms with E-state index in [0.29, 0.717) is 13.1 Å². The summed E-state index contributed by atoms with van der Waals surface area (Å²) in [4.78, 5) is 0.267. The normalized spacial score (nSPS) is 19.1. The molecule has 4 nitrogen and oxygen atoms in total. The van der Waals surface area contributed by atoms with E-state index in [0.717, 1.165) is 24.0 Å². The number of rotatable bonds is 4. The SMILES string of the molecule is NCc1ccc(S(=O)(=O)N2CCCC2c2ccc(F)cc2)cc1. The second-order valence-corrected chi connectivity index (χ2v) is 7.56. The van der Waals surface area contributed by atoms with Gasteiger partial charge in [0.25, 0.3) is 0 Å². The third-order valence-corrected chi connectivity index (χ3v) is 6.15. The minimum absolute atomic E-state index is 0.241. The first-order valence-electron chi connectivity index (χ1n) is 7.58. The number of hydrogen-bond acceptors (Lipinski definition) is 3. The molecule has 0 radical (unpaired) electrons. The van der Waals surface area contributed by atoms with Gasteiger partial charge in [0, 0.05) is 13.1 Å². The van der Waals surface area contributed by atoms with Crippen LogP contribution in [0.2, 0.25) is 0 Å². The Balaban J connectivity index is 1.92. The van der Waals surface area contributed by atoms with E-state index in [2.05, 4.69) is 0 Å². The van der Waals surface area contributed by atoms with Crippen LogP contribution in [0.1, 0.15) is 30.0 Å². The number of benzene rings is 2. The van der Waals surface area contributed by atoms with E-state index in [4.69, 9.17) is 5.73 Å². The van der Waals surface area contributed by atoms with Gasteiger partial charge >= 0.3 is 0 Å². The fourth-order valence-corrected chi connectivity index (χ4v) is 4.66. The molecule has 6 heteroatoms. The molecule has 0 saturated carbocycles. The molecule has 2 aromatic carbocycles. The Labute approximate surface area is 135 Å². The third-order valence-electron chi connectivity index (χ3n) is 4.22. The van der Waals surface area contributed by atoms with Crippen LogP contribution in [0.4, 0.5) is 4.39 Å². The van der Waals surface area contributed by atoms with Crippen molar-refractivity contribution in [2.75, 3.05) is 6.54 Å². The van der Waals surface area contributed by atoms with Crippen LogP contribution in [0, 0.1) is 5.82 Å². The molecule has 1 unspecified atom stereocenters. The van der Waals surface area contributed by atoms with Gasteiger partial charge in [0.1, 0.15) is 5.82 Å². The Morgan fingerprint density at radius 2 is 1.74 bits per heavy atom. The van der Waals surface area contributed by atoms with Gasteiger partial charge in [-0.3, -0.25) is 0 Å². The molecule has 3 rings (SSSR count). The minimum atomic E-state index is -3.57. The first-order valence-corrected chi connectivity index (χ1v) is 9.02. The monoisotopic (exact) mass is 334 g/mol. The highest BCUT2D eigenvalue weighted by atomic mass is 32.2. The van der Waals surface area contributed by atoms with E-state index in [1.807, 2.05) is 0 Å². The quantitative estimate of drug-likeness (QED) is 0.935. The molecule has 23 heavy (non-hydrogen) atoms. The van der Waals surface area contributed by atoms with Gasteiger partial charge in [0.15, 0.2) is 0 Å². The summed E-state index contributed by atoms with van der Waals surface area (Å²) in [6.45, 7) is 0.852. The molecule has 1 heterocycles. The van der Waals surface area contributed by atoms with Crippen LogP contribution in [-0.4, -0.2) is 19.3 Å². The lowest BCUT2D eigenvalue weighted by molar-refractivity contribution is 0.396. The van der Waals surface area contributed by atoms with Crippen LogP contribution in [0.25, 0.3) is 0 Å². The number of hydrogen-bond donors (Lipinski definition) is 1. The average Bonchev–Trinajstić information content (AvgIpc) is 3.06. The molecule has 1 aliphatic rings. The fraction of sp³-hybridized carbons (Fsp3) is 0.294. The first-order chi connectivity index (χ1) is 11.0. The van der Waals surface area contributed by atoms with Gasteiger partial charge in [-0.25, -0.2) is 12.8 Å². The average molecular weight is 334 g/mol. The molecule has 0 amide bonds. The summed E-state index contributed by atoms with van der Waals surface area (Å²) >= 11 is 0. The van der Waals surface area contributed by atoms with E-state index in [9.17, 15) is 12.8 Å². The van der Waals surface area contributed by atoms with Crippen LogP contribution >= 0.6 is 0 Å². The molecule has 0 aliphatic carbocycles. The Bertz CT molecular complexity index is 773. The molecule has 1 fully saturated rings. The van der Waals surface area contributed by atoms with Gasteiger partial charge in [0.2, 0.25) is 10.0 Å². The fourth-order valence-electron chi connectivity index (χ4n) is 2.98. The molecule has 0 spiro atoms.